The van der Waals surface area contributed by atoms with Gasteiger partial charge in [0.1, 0.15) is 22.8 Å². The lowest BCUT2D eigenvalue weighted by atomic mass is 9.76. The van der Waals surface area contributed by atoms with E-state index in [1.165, 1.54) is 0 Å². The molecule has 0 aromatic heterocycles. The highest BCUT2D eigenvalue weighted by atomic mass is 19.1. The lowest BCUT2D eigenvalue weighted by molar-refractivity contribution is 0.00578. The predicted octanol–water partition coefficient (Wildman–Crippen LogP) is 3.13. The molecule has 0 bridgehead atoms. The second-order valence-corrected chi connectivity index (χ2v) is 8.34. The van der Waals surface area contributed by atoms with Gasteiger partial charge in [-0.1, -0.05) is 0 Å². The van der Waals surface area contributed by atoms with Gasteiger partial charge in [0.2, 0.25) is 0 Å². The number of hydrogen-bond acceptors (Lipinski definition) is 5. The minimum atomic E-state index is -1.02. The molecule has 2 saturated heterocycles. The second kappa shape index (κ2) is 5.71. The summed E-state index contributed by atoms with van der Waals surface area (Å²) in [6.07, 6.45) is 0.468. The molecule has 0 unspecified atom stereocenters. The van der Waals surface area contributed by atoms with E-state index in [1.54, 1.807) is 7.11 Å². The molecule has 1 aromatic carbocycles. The summed E-state index contributed by atoms with van der Waals surface area (Å²) in [7, 11) is 0.578. The zero-order valence-corrected chi connectivity index (χ0v) is 15.9. The number of methoxy groups -OCH3 is 1. The number of rotatable bonds is 2. The molecule has 1 spiro atoms. The van der Waals surface area contributed by atoms with Crippen LogP contribution in [0, 0.1) is 0 Å². The Morgan fingerprint density at radius 1 is 1.15 bits per heavy atom. The molecular weight excluding hydrogens is 336 g/mol. The van der Waals surface area contributed by atoms with E-state index < -0.39 is 23.9 Å². The zero-order chi connectivity index (χ0) is 18.7. The SMILES string of the molecule is COc1ccc2c(c1)C(=C(F)B1OC(C)(C)C(C)(C)O1)CC1(CNC1)O2. The molecule has 0 aliphatic carbocycles. The third kappa shape index (κ3) is 2.64. The summed E-state index contributed by atoms with van der Waals surface area (Å²) in [4.78, 5) is 0. The van der Waals surface area contributed by atoms with Crippen molar-refractivity contribution in [2.45, 2.75) is 50.9 Å². The fourth-order valence-corrected chi connectivity index (χ4v) is 3.55. The average Bonchev–Trinajstić information content (AvgIpc) is 2.79. The van der Waals surface area contributed by atoms with Gasteiger partial charge in [-0.2, -0.15) is 0 Å². The van der Waals surface area contributed by atoms with Crippen LogP contribution in [-0.2, 0) is 9.31 Å². The van der Waals surface area contributed by atoms with Crippen molar-refractivity contribution < 1.29 is 23.2 Å². The Balaban J connectivity index is 1.78. The molecule has 5 nitrogen and oxygen atoms in total. The number of fused-ring (bicyclic) bond motifs is 1. The summed E-state index contributed by atoms with van der Waals surface area (Å²) in [6.45, 7) is 9.07. The Morgan fingerprint density at radius 3 is 2.35 bits per heavy atom. The van der Waals surface area contributed by atoms with Crippen LogP contribution >= 0.6 is 0 Å². The van der Waals surface area contributed by atoms with Gasteiger partial charge in [-0.3, -0.25) is 0 Å². The van der Waals surface area contributed by atoms with Crippen LogP contribution in [0.4, 0.5) is 4.39 Å². The minimum absolute atomic E-state index is 0.382. The van der Waals surface area contributed by atoms with E-state index >= 15 is 4.39 Å². The molecule has 3 aliphatic heterocycles. The van der Waals surface area contributed by atoms with Gasteiger partial charge in [0.25, 0.3) is 0 Å². The second-order valence-electron chi connectivity index (χ2n) is 8.34. The van der Waals surface area contributed by atoms with Crippen molar-refractivity contribution in [1.29, 1.82) is 0 Å². The van der Waals surface area contributed by atoms with Gasteiger partial charge in [0.05, 0.1) is 18.3 Å². The predicted molar refractivity (Wildman–Crippen MR) is 97.9 cm³/mol. The summed E-state index contributed by atoms with van der Waals surface area (Å²) >= 11 is 0. The van der Waals surface area contributed by atoms with Crippen LogP contribution in [-0.4, -0.2) is 44.1 Å². The summed E-state index contributed by atoms with van der Waals surface area (Å²) in [5, 5.41) is 3.22. The Kier molecular flexibility index (Phi) is 3.92. The molecule has 1 aromatic rings. The first-order valence-corrected chi connectivity index (χ1v) is 8.99. The summed E-state index contributed by atoms with van der Waals surface area (Å²) in [5.74, 6) is 1.33. The molecule has 26 heavy (non-hydrogen) atoms. The first-order valence-electron chi connectivity index (χ1n) is 8.99. The Morgan fingerprint density at radius 2 is 1.81 bits per heavy atom. The topological polar surface area (TPSA) is 49.0 Å². The Hall–Kier alpha value is -1.57. The highest BCUT2D eigenvalue weighted by Gasteiger charge is 2.55. The molecule has 3 aliphatic rings. The standard InChI is InChI=1S/C19H25BFNO4/c1-17(2)18(3,4)26-20(25-17)16(21)14-9-19(10-22-11-19)24-15-7-6-12(23-5)8-13(14)15/h6-8,22H,9-11H2,1-5H3. The highest BCUT2D eigenvalue weighted by molar-refractivity contribution is 6.55. The zero-order valence-electron chi connectivity index (χ0n) is 15.9. The third-order valence-electron chi connectivity index (χ3n) is 5.98. The quantitative estimate of drug-likeness (QED) is 0.821. The largest absolute Gasteiger partial charge is 0.525 e. The van der Waals surface area contributed by atoms with Crippen LogP contribution in [0.25, 0.3) is 5.57 Å². The lowest BCUT2D eigenvalue weighted by Crippen LogP contribution is -2.64. The van der Waals surface area contributed by atoms with E-state index in [2.05, 4.69) is 5.32 Å². The molecular formula is C19H25BFNO4. The number of hydrogen-bond donors (Lipinski definition) is 1. The maximum absolute atomic E-state index is 15.6. The molecule has 0 amide bonds. The number of ether oxygens (including phenoxy) is 2. The third-order valence-corrected chi connectivity index (χ3v) is 5.98. The van der Waals surface area contributed by atoms with Gasteiger partial charge in [0, 0.05) is 25.1 Å². The molecule has 1 N–H and O–H groups in total. The fraction of sp³-hybridized carbons (Fsp3) is 0.579. The minimum Gasteiger partial charge on any atom is -0.497 e. The van der Waals surface area contributed by atoms with Crippen LogP contribution in [0.2, 0.25) is 0 Å². The molecule has 3 heterocycles. The van der Waals surface area contributed by atoms with E-state index in [0.29, 0.717) is 42.1 Å². The number of nitrogens with one attached hydrogen (secondary N) is 1. The molecule has 0 radical (unpaired) electrons. The first kappa shape index (κ1) is 17.8. The summed E-state index contributed by atoms with van der Waals surface area (Å²) in [6, 6.07) is 5.48. The van der Waals surface area contributed by atoms with Crippen molar-refractivity contribution in [3.8, 4) is 11.5 Å². The van der Waals surface area contributed by atoms with Gasteiger partial charge in [-0.05, 0) is 51.5 Å². The Bertz CT molecular complexity index is 757. The lowest BCUT2D eigenvalue weighted by Gasteiger charge is -2.46. The molecule has 140 valence electrons. The average molecular weight is 361 g/mol. The summed E-state index contributed by atoms with van der Waals surface area (Å²) in [5.41, 5.74) is -0.689. The van der Waals surface area contributed by atoms with Crippen molar-refractivity contribution in [2.24, 2.45) is 0 Å². The monoisotopic (exact) mass is 361 g/mol. The van der Waals surface area contributed by atoms with Crippen LogP contribution < -0.4 is 14.8 Å². The van der Waals surface area contributed by atoms with E-state index in [4.69, 9.17) is 18.8 Å². The smallest absolute Gasteiger partial charge is 0.497 e. The normalized spacial score (nSPS) is 26.8. The first-order chi connectivity index (χ1) is 12.2. The molecule has 0 saturated carbocycles. The van der Waals surface area contributed by atoms with Crippen molar-refractivity contribution in [1.82, 2.24) is 5.32 Å². The van der Waals surface area contributed by atoms with Gasteiger partial charge in [0.15, 0.2) is 0 Å². The van der Waals surface area contributed by atoms with Crippen LogP contribution in [0.1, 0.15) is 39.7 Å². The van der Waals surface area contributed by atoms with Crippen molar-refractivity contribution in [3.05, 3.63) is 29.5 Å². The Labute approximate surface area is 154 Å². The van der Waals surface area contributed by atoms with E-state index in [-0.39, 0.29) is 5.73 Å². The molecule has 0 atom stereocenters. The van der Waals surface area contributed by atoms with Crippen molar-refractivity contribution in [2.75, 3.05) is 20.2 Å². The molecule has 7 heteroatoms. The highest BCUT2D eigenvalue weighted by Crippen LogP contribution is 2.47. The number of benzene rings is 1. The van der Waals surface area contributed by atoms with Crippen molar-refractivity contribution >= 4 is 12.7 Å². The van der Waals surface area contributed by atoms with E-state index in [1.807, 2.05) is 45.9 Å². The van der Waals surface area contributed by atoms with Gasteiger partial charge in [-0.15, -0.1) is 0 Å². The molecule has 4 rings (SSSR count). The fourth-order valence-electron chi connectivity index (χ4n) is 3.55. The van der Waals surface area contributed by atoms with E-state index in [0.717, 1.165) is 0 Å². The molecule has 2 fully saturated rings. The van der Waals surface area contributed by atoms with Gasteiger partial charge in [-0.25, -0.2) is 4.39 Å². The van der Waals surface area contributed by atoms with Crippen LogP contribution in [0.3, 0.4) is 0 Å². The number of halogens is 1. The van der Waals surface area contributed by atoms with Crippen LogP contribution in [0.15, 0.2) is 23.9 Å². The van der Waals surface area contributed by atoms with Crippen LogP contribution in [0.5, 0.6) is 11.5 Å². The maximum atomic E-state index is 15.6. The van der Waals surface area contributed by atoms with E-state index in [9.17, 15) is 0 Å². The van der Waals surface area contributed by atoms with Gasteiger partial charge < -0.3 is 24.1 Å². The summed E-state index contributed by atoms with van der Waals surface area (Å²) < 4.78 is 39.0. The van der Waals surface area contributed by atoms with Gasteiger partial charge >= 0.3 is 7.12 Å². The maximum Gasteiger partial charge on any atom is 0.525 e. The van der Waals surface area contributed by atoms with Crippen molar-refractivity contribution in [3.63, 3.8) is 0 Å².